The molecule has 3 N–H and O–H groups in total. The van der Waals surface area contributed by atoms with Crippen LogP contribution >= 0.6 is 0 Å². The summed E-state index contributed by atoms with van der Waals surface area (Å²) in [4.78, 5) is 41.5. The number of aryl methyl sites for hydroxylation is 1. The smallest absolute Gasteiger partial charge is 0.321 e. The van der Waals surface area contributed by atoms with Gasteiger partial charge in [0.2, 0.25) is 5.91 Å². The van der Waals surface area contributed by atoms with Crippen molar-refractivity contribution in [2.75, 3.05) is 36.8 Å². The lowest BCUT2D eigenvalue weighted by Crippen LogP contribution is -2.58. The summed E-state index contributed by atoms with van der Waals surface area (Å²) in [6.07, 6.45) is 0. The Bertz CT molecular complexity index is 940. The zero-order valence-corrected chi connectivity index (χ0v) is 18.8. The van der Waals surface area contributed by atoms with Crippen molar-refractivity contribution >= 4 is 29.3 Å². The first-order chi connectivity index (χ1) is 15.3. The Labute approximate surface area is 189 Å². The van der Waals surface area contributed by atoms with Gasteiger partial charge in [0.15, 0.2) is 0 Å². The lowest BCUT2D eigenvalue weighted by atomic mass is 10.0. The summed E-state index contributed by atoms with van der Waals surface area (Å²) >= 11 is 0. The van der Waals surface area contributed by atoms with Gasteiger partial charge in [0, 0.05) is 37.6 Å². The number of nitrogens with zero attached hydrogens (tertiary/aromatic N) is 2. The number of hydrogen-bond acceptors (Lipinski definition) is 3. The SMILES string of the molecule is Cc1cccc(NC(=O)N2CCN(C(=O)C(NC(=O)Nc3ccccc3)C(C)C)CC2)c1. The molecule has 2 aromatic rings. The van der Waals surface area contributed by atoms with Gasteiger partial charge in [-0.2, -0.15) is 0 Å². The van der Waals surface area contributed by atoms with Crippen molar-refractivity contribution in [3.8, 4) is 0 Å². The van der Waals surface area contributed by atoms with Crippen LogP contribution in [-0.4, -0.2) is 60.0 Å². The van der Waals surface area contributed by atoms with E-state index in [1.807, 2.05) is 63.2 Å². The molecule has 0 saturated carbocycles. The third-order valence-electron chi connectivity index (χ3n) is 5.40. The Hall–Kier alpha value is -3.55. The number of carbonyl (C=O) groups is 3. The molecule has 0 spiro atoms. The standard InChI is InChI=1S/C24H31N5O3/c1-17(2)21(27-23(31)25-19-9-5-4-6-10-19)22(30)28-12-14-29(15-13-28)24(32)26-20-11-7-8-18(3)16-20/h4-11,16-17,21H,12-15H2,1-3H3,(H,26,32)(H2,25,27,31). The van der Waals surface area contributed by atoms with Crippen molar-refractivity contribution in [2.24, 2.45) is 5.92 Å². The lowest BCUT2D eigenvalue weighted by molar-refractivity contribution is -0.135. The molecule has 1 heterocycles. The van der Waals surface area contributed by atoms with Crippen LogP contribution in [0.5, 0.6) is 0 Å². The average Bonchev–Trinajstić information content (AvgIpc) is 2.77. The van der Waals surface area contributed by atoms with E-state index in [2.05, 4.69) is 16.0 Å². The molecule has 0 aromatic heterocycles. The van der Waals surface area contributed by atoms with Crippen LogP contribution in [0.3, 0.4) is 0 Å². The van der Waals surface area contributed by atoms with E-state index in [-0.39, 0.29) is 17.9 Å². The molecular formula is C24H31N5O3. The van der Waals surface area contributed by atoms with Gasteiger partial charge in [-0.1, -0.05) is 44.2 Å². The van der Waals surface area contributed by atoms with E-state index in [1.54, 1.807) is 21.9 Å². The van der Waals surface area contributed by atoms with Crippen LogP contribution in [0.1, 0.15) is 19.4 Å². The van der Waals surface area contributed by atoms with Crippen LogP contribution in [-0.2, 0) is 4.79 Å². The third kappa shape index (κ3) is 6.23. The second-order valence-electron chi connectivity index (χ2n) is 8.30. The number of hydrogen-bond donors (Lipinski definition) is 3. The monoisotopic (exact) mass is 437 g/mol. The molecule has 32 heavy (non-hydrogen) atoms. The van der Waals surface area contributed by atoms with Gasteiger partial charge in [0.1, 0.15) is 6.04 Å². The minimum atomic E-state index is -0.647. The number of benzene rings is 2. The Kier molecular flexibility index (Phi) is 7.70. The van der Waals surface area contributed by atoms with Crippen LogP contribution in [0.15, 0.2) is 54.6 Å². The number of piperazine rings is 1. The van der Waals surface area contributed by atoms with Crippen molar-refractivity contribution in [3.05, 3.63) is 60.2 Å². The molecule has 1 atom stereocenters. The fourth-order valence-corrected chi connectivity index (χ4v) is 3.60. The highest BCUT2D eigenvalue weighted by molar-refractivity contribution is 5.94. The summed E-state index contributed by atoms with van der Waals surface area (Å²) in [5.41, 5.74) is 2.48. The molecule has 1 aliphatic heterocycles. The molecule has 2 aromatic carbocycles. The lowest BCUT2D eigenvalue weighted by Gasteiger charge is -2.37. The number of nitrogens with one attached hydrogen (secondary N) is 3. The van der Waals surface area contributed by atoms with Gasteiger partial charge in [-0.05, 0) is 42.7 Å². The average molecular weight is 438 g/mol. The number of urea groups is 2. The van der Waals surface area contributed by atoms with E-state index in [9.17, 15) is 14.4 Å². The van der Waals surface area contributed by atoms with Crippen LogP contribution in [0.4, 0.5) is 21.0 Å². The molecule has 0 aliphatic carbocycles. The number of amides is 5. The summed E-state index contributed by atoms with van der Waals surface area (Å²) in [6.45, 7) is 7.48. The number of carbonyl (C=O) groups excluding carboxylic acids is 3. The highest BCUT2D eigenvalue weighted by atomic mass is 16.2. The molecule has 0 radical (unpaired) electrons. The van der Waals surface area contributed by atoms with E-state index in [1.165, 1.54) is 0 Å². The van der Waals surface area contributed by atoms with Crippen LogP contribution in [0.25, 0.3) is 0 Å². The highest BCUT2D eigenvalue weighted by Crippen LogP contribution is 2.14. The quantitative estimate of drug-likeness (QED) is 0.668. The van der Waals surface area contributed by atoms with Crippen molar-refractivity contribution in [1.82, 2.24) is 15.1 Å². The molecule has 1 fully saturated rings. The van der Waals surface area contributed by atoms with E-state index >= 15 is 0 Å². The third-order valence-corrected chi connectivity index (χ3v) is 5.40. The van der Waals surface area contributed by atoms with Gasteiger partial charge in [-0.15, -0.1) is 0 Å². The Balaban J connectivity index is 1.52. The van der Waals surface area contributed by atoms with Gasteiger partial charge in [-0.25, -0.2) is 9.59 Å². The van der Waals surface area contributed by atoms with Crippen molar-refractivity contribution in [2.45, 2.75) is 26.8 Å². The molecule has 5 amide bonds. The van der Waals surface area contributed by atoms with Gasteiger partial charge >= 0.3 is 12.1 Å². The number of anilines is 2. The van der Waals surface area contributed by atoms with Crippen LogP contribution in [0, 0.1) is 12.8 Å². The zero-order valence-electron chi connectivity index (χ0n) is 18.8. The van der Waals surface area contributed by atoms with Gasteiger partial charge in [0.25, 0.3) is 0 Å². The first-order valence-corrected chi connectivity index (χ1v) is 10.9. The summed E-state index contributed by atoms with van der Waals surface area (Å²) in [5, 5.41) is 8.46. The molecule has 1 unspecified atom stereocenters. The molecule has 8 nitrogen and oxygen atoms in total. The fraction of sp³-hybridized carbons (Fsp3) is 0.375. The summed E-state index contributed by atoms with van der Waals surface area (Å²) < 4.78 is 0. The van der Waals surface area contributed by atoms with Crippen LogP contribution < -0.4 is 16.0 Å². The predicted octanol–water partition coefficient (Wildman–Crippen LogP) is 3.52. The molecule has 1 aliphatic rings. The summed E-state index contributed by atoms with van der Waals surface area (Å²) in [5.74, 6) is -0.214. The largest absolute Gasteiger partial charge is 0.337 e. The number of para-hydroxylation sites is 1. The number of rotatable bonds is 5. The van der Waals surface area contributed by atoms with Crippen molar-refractivity contribution < 1.29 is 14.4 Å². The Morgan fingerprint density at radius 2 is 1.44 bits per heavy atom. The van der Waals surface area contributed by atoms with Gasteiger partial charge in [-0.3, -0.25) is 4.79 Å². The maximum Gasteiger partial charge on any atom is 0.321 e. The van der Waals surface area contributed by atoms with Crippen molar-refractivity contribution in [1.29, 1.82) is 0 Å². The topological polar surface area (TPSA) is 93.8 Å². The van der Waals surface area contributed by atoms with E-state index < -0.39 is 12.1 Å². The Morgan fingerprint density at radius 3 is 2.06 bits per heavy atom. The molecular weight excluding hydrogens is 406 g/mol. The highest BCUT2D eigenvalue weighted by Gasteiger charge is 2.31. The molecule has 0 bridgehead atoms. The molecule has 8 heteroatoms. The summed E-state index contributed by atoms with van der Waals surface area (Å²) in [6, 6.07) is 15.5. The molecule has 170 valence electrons. The maximum absolute atomic E-state index is 13.1. The molecule has 3 rings (SSSR count). The molecule has 1 saturated heterocycles. The fourth-order valence-electron chi connectivity index (χ4n) is 3.60. The van der Waals surface area contributed by atoms with Crippen molar-refractivity contribution in [3.63, 3.8) is 0 Å². The minimum Gasteiger partial charge on any atom is -0.337 e. The normalized spacial score (nSPS) is 14.6. The van der Waals surface area contributed by atoms with E-state index in [0.717, 1.165) is 11.3 Å². The Morgan fingerprint density at radius 1 is 0.812 bits per heavy atom. The summed E-state index contributed by atoms with van der Waals surface area (Å²) in [7, 11) is 0. The maximum atomic E-state index is 13.1. The van der Waals surface area contributed by atoms with E-state index in [4.69, 9.17) is 0 Å². The van der Waals surface area contributed by atoms with Crippen LogP contribution in [0.2, 0.25) is 0 Å². The first-order valence-electron chi connectivity index (χ1n) is 10.9. The minimum absolute atomic E-state index is 0.0772. The first kappa shape index (κ1) is 23.1. The predicted molar refractivity (Wildman–Crippen MR) is 126 cm³/mol. The van der Waals surface area contributed by atoms with Gasteiger partial charge < -0.3 is 25.8 Å². The van der Waals surface area contributed by atoms with E-state index in [0.29, 0.717) is 31.9 Å². The second kappa shape index (κ2) is 10.7. The zero-order chi connectivity index (χ0) is 23.1. The second-order valence-corrected chi connectivity index (χ2v) is 8.30. The van der Waals surface area contributed by atoms with Gasteiger partial charge in [0.05, 0.1) is 0 Å².